The minimum Gasteiger partial charge on any atom is -0.355 e. The molecule has 1 aromatic heterocycles. The van der Waals surface area contributed by atoms with Crippen molar-refractivity contribution in [2.75, 3.05) is 13.1 Å². The summed E-state index contributed by atoms with van der Waals surface area (Å²) in [6, 6.07) is -0.212. The van der Waals surface area contributed by atoms with Gasteiger partial charge in [0, 0.05) is 19.3 Å². The van der Waals surface area contributed by atoms with Crippen LogP contribution in [0.5, 0.6) is 0 Å². The molecule has 0 aromatic carbocycles. The first kappa shape index (κ1) is 12.7. The molecular formula is C11H20N4O. The van der Waals surface area contributed by atoms with E-state index in [1.54, 1.807) is 12.5 Å². The van der Waals surface area contributed by atoms with Gasteiger partial charge in [0.15, 0.2) is 0 Å². The lowest BCUT2D eigenvalue weighted by Crippen LogP contribution is -2.31. The molecule has 0 fully saturated rings. The SMILES string of the molecule is CCNCc1cncn1C(C)C(=O)NCC. The molecule has 0 radical (unpaired) electrons. The molecule has 0 bridgehead atoms. The topological polar surface area (TPSA) is 59.0 Å². The van der Waals surface area contributed by atoms with E-state index in [-0.39, 0.29) is 11.9 Å². The van der Waals surface area contributed by atoms with Gasteiger partial charge in [-0.25, -0.2) is 4.98 Å². The highest BCUT2D eigenvalue weighted by Crippen LogP contribution is 2.09. The molecule has 0 saturated carbocycles. The maximum Gasteiger partial charge on any atom is 0.242 e. The van der Waals surface area contributed by atoms with Crippen molar-refractivity contribution >= 4 is 5.91 Å². The van der Waals surface area contributed by atoms with E-state index in [4.69, 9.17) is 0 Å². The Morgan fingerprint density at radius 2 is 2.25 bits per heavy atom. The molecule has 0 aliphatic heterocycles. The second-order valence-electron chi connectivity index (χ2n) is 3.64. The summed E-state index contributed by atoms with van der Waals surface area (Å²) in [7, 11) is 0. The Balaban J connectivity index is 2.70. The van der Waals surface area contributed by atoms with Gasteiger partial charge >= 0.3 is 0 Å². The third-order valence-electron chi connectivity index (χ3n) is 2.45. The first-order valence-corrected chi connectivity index (χ1v) is 5.69. The third-order valence-corrected chi connectivity index (χ3v) is 2.45. The third kappa shape index (κ3) is 3.06. The minimum absolute atomic E-state index is 0.0262. The average molecular weight is 224 g/mol. The van der Waals surface area contributed by atoms with Crippen LogP contribution in [0.4, 0.5) is 0 Å². The Bertz CT molecular complexity index is 334. The molecule has 90 valence electrons. The predicted octanol–water partition coefficient (Wildman–Crippen LogP) is 0.690. The standard InChI is InChI=1S/C11H20N4O/c1-4-12-6-10-7-13-8-15(10)9(3)11(16)14-5-2/h7-9,12H,4-6H2,1-3H3,(H,14,16). The van der Waals surface area contributed by atoms with Crippen LogP contribution >= 0.6 is 0 Å². The summed E-state index contributed by atoms with van der Waals surface area (Å²) in [5, 5.41) is 6.03. The van der Waals surface area contributed by atoms with Crippen molar-refractivity contribution in [3.63, 3.8) is 0 Å². The number of nitrogens with zero attached hydrogens (tertiary/aromatic N) is 2. The summed E-state index contributed by atoms with van der Waals surface area (Å²) in [4.78, 5) is 15.8. The number of carbonyl (C=O) groups is 1. The van der Waals surface area contributed by atoms with Gasteiger partial charge in [0.05, 0.1) is 12.0 Å². The number of hydrogen-bond acceptors (Lipinski definition) is 3. The molecule has 5 heteroatoms. The van der Waals surface area contributed by atoms with Crippen LogP contribution in [0.25, 0.3) is 0 Å². The largest absolute Gasteiger partial charge is 0.355 e. The van der Waals surface area contributed by atoms with E-state index in [0.717, 1.165) is 18.8 Å². The maximum atomic E-state index is 11.7. The fourth-order valence-corrected chi connectivity index (χ4v) is 1.52. The van der Waals surface area contributed by atoms with Gasteiger partial charge in [0.25, 0.3) is 0 Å². The van der Waals surface area contributed by atoms with E-state index in [1.807, 2.05) is 25.3 Å². The molecule has 0 aliphatic carbocycles. The first-order valence-electron chi connectivity index (χ1n) is 5.69. The average Bonchev–Trinajstić information content (AvgIpc) is 2.73. The van der Waals surface area contributed by atoms with E-state index < -0.39 is 0 Å². The lowest BCUT2D eigenvalue weighted by atomic mass is 10.3. The number of rotatable bonds is 6. The molecule has 1 heterocycles. The van der Waals surface area contributed by atoms with Gasteiger partial charge in [-0.1, -0.05) is 6.92 Å². The second kappa shape index (κ2) is 6.27. The number of amides is 1. The van der Waals surface area contributed by atoms with Gasteiger partial charge in [-0.2, -0.15) is 0 Å². The van der Waals surface area contributed by atoms with Crippen LogP contribution in [-0.4, -0.2) is 28.5 Å². The summed E-state index contributed by atoms with van der Waals surface area (Å²) >= 11 is 0. The summed E-state index contributed by atoms with van der Waals surface area (Å²) in [6.45, 7) is 8.13. The van der Waals surface area contributed by atoms with E-state index >= 15 is 0 Å². The zero-order valence-electron chi connectivity index (χ0n) is 10.2. The van der Waals surface area contributed by atoms with Crippen molar-refractivity contribution in [1.82, 2.24) is 20.2 Å². The van der Waals surface area contributed by atoms with Crippen molar-refractivity contribution in [1.29, 1.82) is 0 Å². The molecule has 1 unspecified atom stereocenters. The van der Waals surface area contributed by atoms with Crippen LogP contribution in [0.15, 0.2) is 12.5 Å². The van der Waals surface area contributed by atoms with Gasteiger partial charge in [-0.15, -0.1) is 0 Å². The van der Waals surface area contributed by atoms with Crippen LogP contribution in [0.2, 0.25) is 0 Å². The normalized spacial score (nSPS) is 12.4. The second-order valence-corrected chi connectivity index (χ2v) is 3.64. The summed E-state index contributed by atoms with van der Waals surface area (Å²) in [5.74, 6) is 0.0262. The van der Waals surface area contributed by atoms with Crippen molar-refractivity contribution < 1.29 is 4.79 Å². The Labute approximate surface area is 96.3 Å². The predicted molar refractivity (Wildman–Crippen MR) is 63.0 cm³/mol. The Morgan fingerprint density at radius 3 is 2.88 bits per heavy atom. The molecule has 1 rings (SSSR count). The monoisotopic (exact) mass is 224 g/mol. The summed E-state index contributed by atoms with van der Waals surface area (Å²) in [6.07, 6.45) is 3.49. The van der Waals surface area contributed by atoms with E-state index in [0.29, 0.717) is 6.54 Å². The lowest BCUT2D eigenvalue weighted by molar-refractivity contribution is -0.123. The van der Waals surface area contributed by atoms with Crippen LogP contribution < -0.4 is 10.6 Å². The zero-order chi connectivity index (χ0) is 12.0. The Kier molecular flexibility index (Phi) is 4.98. The molecule has 5 nitrogen and oxygen atoms in total. The van der Waals surface area contributed by atoms with Gasteiger partial charge in [0.2, 0.25) is 5.91 Å². The number of hydrogen-bond donors (Lipinski definition) is 2. The van der Waals surface area contributed by atoms with E-state index in [9.17, 15) is 4.79 Å². The number of imidazole rings is 1. The number of likely N-dealkylation sites (N-methyl/N-ethyl adjacent to an activating group) is 1. The molecule has 1 aromatic rings. The maximum absolute atomic E-state index is 11.7. The van der Waals surface area contributed by atoms with Gasteiger partial charge in [-0.3, -0.25) is 4.79 Å². The van der Waals surface area contributed by atoms with Gasteiger partial charge < -0.3 is 15.2 Å². The van der Waals surface area contributed by atoms with E-state index in [2.05, 4.69) is 15.6 Å². The van der Waals surface area contributed by atoms with Gasteiger partial charge in [0.1, 0.15) is 6.04 Å². The number of aromatic nitrogens is 2. The molecular weight excluding hydrogens is 204 g/mol. The Morgan fingerprint density at radius 1 is 1.50 bits per heavy atom. The molecule has 2 N–H and O–H groups in total. The van der Waals surface area contributed by atoms with Gasteiger partial charge in [-0.05, 0) is 20.4 Å². The molecule has 16 heavy (non-hydrogen) atoms. The molecule has 1 amide bonds. The zero-order valence-corrected chi connectivity index (χ0v) is 10.2. The fraction of sp³-hybridized carbons (Fsp3) is 0.636. The number of nitrogens with one attached hydrogen (secondary N) is 2. The lowest BCUT2D eigenvalue weighted by Gasteiger charge is -2.15. The van der Waals surface area contributed by atoms with E-state index in [1.165, 1.54) is 0 Å². The van der Waals surface area contributed by atoms with Crippen molar-refractivity contribution in [2.45, 2.75) is 33.4 Å². The molecule has 0 spiro atoms. The number of carbonyl (C=O) groups excluding carboxylic acids is 1. The fourth-order valence-electron chi connectivity index (χ4n) is 1.52. The molecule has 0 saturated heterocycles. The molecule has 0 aliphatic rings. The highest BCUT2D eigenvalue weighted by molar-refractivity contribution is 5.79. The van der Waals surface area contributed by atoms with Crippen molar-refractivity contribution in [3.05, 3.63) is 18.2 Å². The van der Waals surface area contributed by atoms with Crippen LogP contribution in [-0.2, 0) is 11.3 Å². The summed E-state index contributed by atoms with van der Waals surface area (Å²) < 4.78 is 1.90. The minimum atomic E-state index is -0.212. The summed E-state index contributed by atoms with van der Waals surface area (Å²) in [5.41, 5.74) is 1.03. The van der Waals surface area contributed by atoms with Crippen LogP contribution in [0, 0.1) is 0 Å². The van der Waals surface area contributed by atoms with Crippen molar-refractivity contribution in [2.24, 2.45) is 0 Å². The van der Waals surface area contributed by atoms with Crippen LogP contribution in [0.3, 0.4) is 0 Å². The van der Waals surface area contributed by atoms with Crippen molar-refractivity contribution in [3.8, 4) is 0 Å². The smallest absolute Gasteiger partial charge is 0.242 e. The van der Waals surface area contributed by atoms with Crippen LogP contribution in [0.1, 0.15) is 32.5 Å². The molecule has 1 atom stereocenters. The first-order chi connectivity index (χ1) is 7.70. The Hall–Kier alpha value is -1.36. The quantitative estimate of drug-likeness (QED) is 0.747. The highest BCUT2D eigenvalue weighted by Gasteiger charge is 2.16. The highest BCUT2D eigenvalue weighted by atomic mass is 16.2.